The van der Waals surface area contributed by atoms with E-state index >= 15 is 0 Å². The SMILES string of the molecule is Cc1nccc(-c2ccc3nc(Nc4cc(C(C)N5CCNCC5)ccn4)[nH]c3c2)n1.Cl. The molecule has 4 heterocycles. The number of benzene rings is 1. The zero-order valence-electron chi connectivity index (χ0n) is 18.2. The van der Waals surface area contributed by atoms with Gasteiger partial charge in [0.1, 0.15) is 11.6 Å². The number of nitrogens with one attached hydrogen (secondary N) is 3. The number of H-pyrrole nitrogens is 1. The van der Waals surface area contributed by atoms with E-state index in [9.17, 15) is 0 Å². The molecule has 1 aliphatic rings. The number of hydrogen-bond donors (Lipinski definition) is 3. The van der Waals surface area contributed by atoms with Gasteiger partial charge in [-0.1, -0.05) is 6.07 Å². The first-order chi connectivity index (χ1) is 15.2. The molecule has 3 aromatic heterocycles. The van der Waals surface area contributed by atoms with Gasteiger partial charge in [0.25, 0.3) is 0 Å². The van der Waals surface area contributed by atoms with Crippen LogP contribution in [0.1, 0.15) is 24.4 Å². The maximum Gasteiger partial charge on any atom is 0.206 e. The number of aromatic amines is 1. The number of aromatic nitrogens is 5. The predicted molar refractivity (Wildman–Crippen MR) is 129 cm³/mol. The Morgan fingerprint density at radius 1 is 1.00 bits per heavy atom. The van der Waals surface area contributed by atoms with E-state index in [2.05, 4.69) is 65.6 Å². The van der Waals surface area contributed by atoms with E-state index in [4.69, 9.17) is 0 Å². The maximum absolute atomic E-state index is 4.67. The summed E-state index contributed by atoms with van der Waals surface area (Å²) in [5.74, 6) is 2.21. The number of pyridine rings is 1. The molecule has 4 aromatic rings. The predicted octanol–water partition coefficient (Wildman–Crippen LogP) is 3.85. The molecular weight excluding hydrogens is 424 g/mol. The van der Waals surface area contributed by atoms with Crippen molar-refractivity contribution in [2.75, 3.05) is 31.5 Å². The fourth-order valence-corrected chi connectivity index (χ4v) is 4.02. The number of halogens is 1. The summed E-state index contributed by atoms with van der Waals surface area (Å²) >= 11 is 0. The van der Waals surface area contributed by atoms with Crippen LogP contribution < -0.4 is 10.6 Å². The number of nitrogens with zero attached hydrogens (tertiary/aromatic N) is 5. The molecule has 9 heteroatoms. The summed E-state index contributed by atoms with van der Waals surface area (Å²) in [5, 5.41) is 6.73. The van der Waals surface area contributed by atoms with Gasteiger partial charge in [0.05, 0.1) is 16.7 Å². The highest BCUT2D eigenvalue weighted by Gasteiger charge is 2.18. The molecule has 3 N–H and O–H groups in total. The second kappa shape index (κ2) is 9.60. The molecule has 0 spiro atoms. The van der Waals surface area contributed by atoms with E-state index in [1.165, 1.54) is 5.56 Å². The summed E-state index contributed by atoms with van der Waals surface area (Å²) in [7, 11) is 0. The summed E-state index contributed by atoms with van der Waals surface area (Å²) in [6.45, 7) is 8.34. The van der Waals surface area contributed by atoms with Gasteiger partial charge in [-0.25, -0.2) is 19.9 Å². The third kappa shape index (κ3) is 4.72. The molecular formula is C23H27ClN8. The van der Waals surface area contributed by atoms with Crippen LogP contribution in [-0.2, 0) is 0 Å². The van der Waals surface area contributed by atoms with Gasteiger partial charge >= 0.3 is 0 Å². The van der Waals surface area contributed by atoms with Crippen LogP contribution in [0.25, 0.3) is 22.3 Å². The lowest BCUT2D eigenvalue weighted by atomic mass is 10.1. The highest BCUT2D eigenvalue weighted by Crippen LogP contribution is 2.26. The molecule has 0 saturated carbocycles. The average molecular weight is 451 g/mol. The third-order valence-corrected chi connectivity index (χ3v) is 5.77. The van der Waals surface area contributed by atoms with E-state index in [0.29, 0.717) is 12.0 Å². The normalized spacial score (nSPS) is 15.3. The summed E-state index contributed by atoms with van der Waals surface area (Å²) in [6, 6.07) is 12.6. The van der Waals surface area contributed by atoms with E-state index < -0.39 is 0 Å². The van der Waals surface area contributed by atoms with E-state index in [-0.39, 0.29) is 12.4 Å². The fraction of sp³-hybridized carbons (Fsp3) is 0.304. The summed E-state index contributed by atoms with van der Waals surface area (Å²) in [6.07, 6.45) is 3.64. The van der Waals surface area contributed by atoms with Crippen molar-refractivity contribution in [3.8, 4) is 11.3 Å². The minimum atomic E-state index is 0. The molecule has 5 rings (SSSR count). The monoisotopic (exact) mass is 450 g/mol. The molecule has 1 saturated heterocycles. The van der Waals surface area contributed by atoms with Gasteiger partial charge in [0, 0.05) is 50.2 Å². The number of imidazole rings is 1. The van der Waals surface area contributed by atoms with Crippen LogP contribution >= 0.6 is 12.4 Å². The summed E-state index contributed by atoms with van der Waals surface area (Å²) in [5.41, 5.74) is 5.01. The van der Waals surface area contributed by atoms with Crippen LogP contribution in [0.2, 0.25) is 0 Å². The van der Waals surface area contributed by atoms with Crippen molar-refractivity contribution in [2.24, 2.45) is 0 Å². The first kappa shape index (κ1) is 22.1. The maximum atomic E-state index is 4.67. The van der Waals surface area contributed by atoms with E-state index in [1.807, 2.05) is 31.3 Å². The zero-order chi connectivity index (χ0) is 21.2. The van der Waals surface area contributed by atoms with Crippen molar-refractivity contribution in [2.45, 2.75) is 19.9 Å². The molecule has 166 valence electrons. The van der Waals surface area contributed by atoms with Crippen molar-refractivity contribution in [1.29, 1.82) is 0 Å². The van der Waals surface area contributed by atoms with Crippen molar-refractivity contribution in [1.82, 2.24) is 35.1 Å². The molecule has 1 atom stereocenters. The third-order valence-electron chi connectivity index (χ3n) is 5.77. The molecule has 1 fully saturated rings. The number of rotatable bonds is 5. The Kier molecular flexibility index (Phi) is 6.64. The van der Waals surface area contributed by atoms with Gasteiger partial charge in [-0.3, -0.25) is 4.90 Å². The average Bonchev–Trinajstić information content (AvgIpc) is 3.21. The van der Waals surface area contributed by atoms with Crippen molar-refractivity contribution in [3.05, 3.63) is 60.2 Å². The van der Waals surface area contributed by atoms with Crippen LogP contribution in [0.15, 0.2) is 48.8 Å². The van der Waals surface area contributed by atoms with Gasteiger partial charge in [0.15, 0.2) is 0 Å². The largest absolute Gasteiger partial charge is 0.324 e. The van der Waals surface area contributed by atoms with E-state index in [1.54, 1.807) is 6.20 Å². The Hall–Kier alpha value is -3.07. The smallest absolute Gasteiger partial charge is 0.206 e. The summed E-state index contributed by atoms with van der Waals surface area (Å²) in [4.78, 5) is 23.7. The standard InChI is InChI=1S/C23H26N8.ClH/c1-15(31-11-9-24-10-12-31)17-5-7-26-22(14-17)30-23-28-20-4-3-18(13-21(20)29-23)19-6-8-25-16(2)27-19;/h3-8,13-15,24H,9-12H2,1-2H3,(H2,26,28,29,30);1H. The topological polar surface area (TPSA) is 94.6 Å². The van der Waals surface area contributed by atoms with Crippen molar-refractivity contribution >= 4 is 35.2 Å². The van der Waals surface area contributed by atoms with Crippen LogP contribution in [0, 0.1) is 6.92 Å². The molecule has 0 bridgehead atoms. The summed E-state index contributed by atoms with van der Waals surface area (Å²) < 4.78 is 0. The Balaban J connectivity index is 0.00000245. The van der Waals surface area contributed by atoms with Crippen LogP contribution in [-0.4, -0.2) is 56.0 Å². The van der Waals surface area contributed by atoms with Crippen molar-refractivity contribution in [3.63, 3.8) is 0 Å². The lowest BCUT2D eigenvalue weighted by Crippen LogP contribution is -2.44. The minimum Gasteiger partial charge on any atom is -0.324 e. The Labute approximate surface area is 193 Å². The van der Waals surface area contributed by atoms with Gasteiger partial charge in [-0.05, 0) is 49.7 Å². The second-order valence-electron chi connectivity index (χ2n) is 7.87. The lowest BCUT2D eigenvalue weighted by Gasteiger charge is -2.33. The van der Waals surface area contributed by atoms with Gasteiger partial charge in [-0.2, -0.15) is 0 Å². The molecule has 8 nitrogen and oxygen atoms in total. The second-order valence-corrected chi connectivity index (χ2v) is 7.87. The molecule has 0 aliphatic carbocycles. The van der Waals surface area contributed by atoms with Crippen LogP contribution in [0.5, 0.6) is 0 Å². The van der Waals surface area contributed by atoms with Gasteiger partial charge < -0.3 is 15.6 Å². The first-order valence-corrected chi connectivity index (χ1v) is 10.6. The Bertz CT molecular complexity index is 1200. The number of aryl methyl sites for hydroxylation is 1. The molecule has 1 unspecified atom stereocenters. The quantitative estimate of drug-likeness (QED) is 0.425. The zero-order valence-corrected chi connectivity index (χ0v) is 19.0. The van der Waals surface area contributed by atoms with Gasteiger partial charge in [-0.15, -0.1) is 12.4 Å². The van der Waals surface area contributed by atoms with Gasteiger partial charge in [0.2, 0.25) is 5.95 Å². The number of hydrogen-bond acceptors (Lipinski definition) is 7. The molecule has 0 amide bonds. The Morgan fingerprint density at radius 2 is 1.81 bits per heavy atom. The van der Waals surface area contributed by atoms with Crippen LogP contribution in [0.3, 0.4) is 0 Å². The molecule has 1 aliphatic heterocycles. The number of fused-ring (bicyclic) bond motifs is 1. The Morgan fingerprint density at radius 3 is 2.62 bits per heavy atom. The lowest BCUT2D eigenvalue weighted by molar-refractivity contribution is 0.185. The number of anilines is 2. The molecule has 32 heavy (non-hydrogen) atoms. The van der Waals surface area contributed by atoms with Crippen LogP contribution in [0.4, 0.5) is 11.8 Å². The van der Waals surface area contributed by atoms with Crippen molar-refractivity contribution < 1.29 is 0 Å². The minimum absolute atomic E-state index is 0. The molecule has 0 radical (unpaired) electrons. The highest BCUT2D eigenvalue weighted by atomic mass is 35.5. The first-order valence-electron chi connectivity index (χ1n) is 10.6. The molecule has 1 aromatic carbocycles. The highest BCUT2D eigenvalue weighted by molar-refractivity contribution is 5.85. The fourth-order valence-electron chi connectivity index (χ4n) is 4.02. The van der Waals surface area contributed by atoms with E-state index in [0.717, 1.165) is 60.1 Å². The number of piperazine rings is 1.